The molecule has 0 aliphatic carbocycles. The molecule has 1 aliphatic heterocycles. The van der Waals surface area contributed by atoms with Gasteiger partial charge >= 0.3 is 0 Å². The molecule has 17 heavy (non-hydrogen) atoms. The van der Waals surface area contributed by atoms with Crippen molar-refractivity contribution in [3.63, 3.8) is 0 Å². The number of rotatable bonds is 8. The van der Waals surface area contributed by atoms with Gasteiger partial charge in [0, 0.05) is 12.8 Å². The number of hydrogen-bond donors (Lipinski definition) is 0. The monoisotopic (exact) mass is 237 g/mol. The third kappa shape index (κ3) is 3.99. The molecule has 0 atom stereocenters. The first-order chi connectivity index (χ1) is 8.20. The van der Waals surface area contributed by atoms with Crippen LogP contribution in [0, 0.1) is 5.21 Å². The minimum Gasteiger partial charge on any atom is -0.618 e. The predicted octanol–water partition coefficient (Wildman–Crippen LogP) is 3.56. The highest BCUT2D eigenvalue weighted by atomic mass is 16.5. The number of ketones is 1. The van der Waals surface area contributed by atoms with Gasteiger partial charge < -0.3 is 5.21 Å². The van der Waals surface area contributed by atoms with Crippen LogP contribution in [-0.2, 0) is 4.79 Å². The van der Waals surface area contributed by atoms with Crippen molar-refractivity contribution in [2.45, 2.75) is 65.2 Å². The summed E-state index contributed by atoms with van der Waals surface area (Å²) in [6.45, 7) is 4.25. The van der Waals surface area contributed by atoms with Crippen LogP contribution in [-0.4, -0.2) is 16.2 Å². The second-order valence-corrected chi connectivity index (χ2v) is 4.66. The molecular weight excluding hydrogens is 214 g/mol. The number of nitrogens with zero attached hydrogens (tertiary/aromatic N) is 1. The number of carbonyl (C=O) groups is 1. The van der Waals surface area contributed by atoms with E-state index in [1.807, 2.05) is 0 Å². The fourth-order valence-corrected chi connectivity index (χ4v) is 2.06. The van der Waals surface area contributed by atoms with Crippen molar-refractivity contribution in [2.75, 3.05) is 0 Å². The Bertz CT molecular complexity index is 329. The molecule has 0 bridgehead atoms. The molecule has 0 aromatic heterocycles. The molecule has 0 saturated heterocycles. The van der Waals surface area contributed by atoms with E-state index >= 15 is 0 Å². The minimum absolute atomic E-state index is 0.0670. The lowest BCUT2D eigenvalue weighted by Gasteiger charge is -2.05. The van der Waals surface area contributed by atoms with E-state index in [1.165, 1.54) is 6.08 Å². The summed E-state index contributed by atoms with van der Waals surface area (Å²) in [6, 6.07) is 0. The zero-order valence-corrected chi connectivity index (χ0v) is 11.0. The van der Waals surface area contributed by atoms with Crippen molar-refractivity contribution in [3.8, 4) is 0 Å². The highest BCUT2D eigenvalue weighted by Gasteiger charge is 2.28. The van der Waals surface area contributed by atoms with Crippen molar-refractivity contribution in [1.82, 2.24) is 0 Å². The molecule has 0 spiro atoms. The lowest BCUT2D eigenvalue weighted by Crippen LogP contribution is -2.16. The van der Waals surface area contributed by atoms with Crippen molar-refractivity contribution in [3.05, 3.63) is 17.0 Å². The Balaban J connectivity index is 2.51. The molecular formula is C14H23NO2. The lowest BCUT2D eigenvalue weighted by molar-refractivity contribution is -0.402. The van der Waals surface area contributed by atoms with Gasteiger partial charge in [0.15, 0.2) is 5.70 Å². The maximum atomic E-state index is 11.9. The fourth-order valence-electron chi connectivity index (χ4n) is 2.06. The van der Waals surface area contributed by atoms with E-state index in [-0.39, 0.29) is 5.78 Å². The number of hydrogen-bond acceptors (Lipinski definition) is 2. The molecule has 0 aromatic rings. The van der Waals surface area contributed by atoms with Gasteiger partial charge in [-0.2, -0.15) is 4.74 Å². The molecule has 0 N–H and O–H groups in total. The summed E-state index contributed by atoms with van der Waals surface area (Å²) in [6.07, 6.45) is 9.27. The summed E-state index contributed by atoms with van der Waals surface area (Å²) >= 11 is 0. The summed E-state index contributed by atoms with van der Waals surface area (Å²) in [5, 5.41) is 11.9. The van der Waals surface area contributed by atoms with Gasteiger partial charge in [0.25, 0.3) is 5.78 Å². The Labute approximate surface area is 104 Å². The van der Waals surface area contributed by atoms with E-state index in [0.717, 1.165) is 49.7 Å². The molecule has 1 aliphatic rings. The van der Waals surface area contributed by atoms with Crippen molar-refractivity contribution in [1.29, 1.82) is 0 Å². The smallest absolute Gasteiger partial charge is 0.252 e. The maximum Gasteiger partial charge on any atom is 0.252 e. The SMILES string of the molecule is CCCCCC1=CC(=O)C(CCCCC)=[N+]1[O-]. The van der Waals surface area contributed by atoms with Crippen LogP contribution < -0.4 is 0 Å². The number of carbonyl (C=O) groups excluding carboxylic acids is 1. The molecule has 1 rings (SSSR count). The third-order valence-electron chi connectivity index (χ3n) is 3.14. The quantitative estimate of drug-likeness (QED) is 0.368. The second kappa shape index (κ2) is 7.25. The first-order valence-electron chi connectivity index (χ1n) is 6.78. The van der Waals surface area contributed by atoms with E-state index in [9.17, 15) is 10.0 Å². The molecule has 0 radical (unpaired) electrons. The van der Waals surface area contributed by atoms with Crippen molar-refractivity contribution in [2.24, 2.45) is 0 Å². The van der Waals surface area contributed by atoms with Gasteiger partial charge in [0.2, 0.25) is 5.71 Å². The van der Waals surface area contributed by atoms with E-state index in [2.05, 4.69) is 13.8 Å². The lowest BCUT2D eigenvalue weighted by atomic mass is 10.1. The van der Waals surface area contributed by atoms with E-state index in [0.29, 0.717) is 17.8 Å². The summed E-state index contributed by atoms with van der Waals surface area (Å²) < 4.78 is 0.883. The predicted molar refractivity (Wildman–Crippen MR) is 70.0 cm³/mol. The van der Waals surface area contributed by atoms with Crippen LogP contribution in [0.25, 0.3) is 0 Å². The molecule has 1 heterocycles. The van der Waals surface area contributed by atoms with Gasteiger partial charge in [-0.15, -0.1) is 0 Å². The summed E-state index contributed by atoms with van der Waals surface area (Å²) in [4.78, 5) is 11.7. The highest BCUT2D eigenvalue weighted by Crippen LogP contribution is 2.17. The maximum absolute atomic E-state index is 11.9. The molecule has 0 fully saturated rings. The average Bonchev–Trinajstić information content (AvgIpc) is 2.57. The Morgan fingerprint density at radius 3 is 2.24 bits per heavy atom. The Kier molecular flexibility index (Phi) is 5.95. The third-order valence-corrected chi connectivity index (χ3v) is 3.14. The van der Waals surface area contributed by atoms with Crippen molar-refractivity contribution >= 4 is 11.5 Å². The molecule has 0 saturated carbocycles. The Morgan fingerprint density at radius 2 is 1.65 bits per heavy atom. The minimum atomic E-state index is -0.0670. The summed E-state index contributed by atoms with van der Waals surface area (Å²) in [7, 11) is 0. The molecule has 3 nitrogen and oxygen atoms in total. The summed E-state index contributed by atoms with van der Waals surface area (Å²) in [5.41, 5.74) is 1.11. The van der Waals surface area contributed by atoms with Crippen LogP contribution in [0.3, 0.4) is 0 Å². The van der Waals surface area contributed by atoms with Gasteiger partial charge in [-0.05, 0) is 12.8 Å². The van der Waals surface area contributed by atoms with Crippen LogP contribution >= 0.6 is 0 Å². The molecule has 0 unspecified atom stereocenters. The Hall–Kier alpha value is -1.12. The first kappa shape index (κ1) is 13.9. The van der Waals surface area contributed by atoms with Crippen LogP contribution in [0.2, 0.25) is 0 Å². The van der Waals surface area contributed by atoms with E-state index in [4.69, 9.17) is 0 Å². The zero-order chi connectivity index (χ0) is 12.7. The first-order valence-corrected chi connectivity index (χ1v) is 6.78. The number of hydroxylamine groups is 1. The van der Waals surface area contributed by atoms with E-state index in [1.54, 1.807) is 0 Å². The molecule has 0 amide bonds. The van der Waals surface area contributed by atoms with E-state index < -0.39 is 0 Å². The molecule has 0 aromatic carbocycles. The number of unbranched alkanes of at least 4 members (excludes halogenated alkanes) is 4. The van der Waals surface area contributed by atoms with Gasteiger partial charge in [-0.25, -0.2) is 0 Å². The highest BCUT2D eigenvalue weighted by molar-refractivity contribution is 6.43. The molecule has 96 valence electrons. The van der Waals surface area contributed by atoms with Gasteiger partial charge in [0.1, 0.15) is 0 Å². The van der Waals surface area contributed by atoms with Crippen LogP contribution in [0.15, 0.2) is 11.8 Å². The largest absolute Gasteiger partial charge is 0.618 e. The van der Waals surface area contributed by atoms with Gasteiger partial charge in [0.05, 0.1) is 6.08 Å². The van der Waals surface area contributed by atoms with Gasteiger partial charge in [-0.3, -0.25) is 4.79 Å². The zero-order valence-electron chi connectivity index (χ0n) is 11.0. The van der Waals surface area contributed by atoms with Crippen LogP contribution in [0.5, 0.6) is 0 Å². The number of allylic oxidation sites excluding steroid dienone is 2. The fraction of sp³-hybridized carbons (Fsp3) is 0.714. The standard InChI is InChI=1S/C14H23NO2/c1-3-5-7-9-12-11-14(16)13(15(12)17)10-8-6-4-2/h11H,3-10H2,1-2H3. The normalized spacial score (nSPS) is 15.6. The van der Waals surface area contributed by atoms with Crippen LogP contribution in [0.1, 0.15) is 65.2 Å². The topological polar surface area (TPSA) is 43.1 Å². The van der Waals surface area contributed by atoms with Crippen molar-refractivity contribution < 1.29 is 9.53 Å². The Morgan fingerprint density at radius 1 is 1.06 bits per heavy atom. The average molecular weight is 237 g/mol. The second-order valence-electron chi connectivity index (χ2n) is 4.66. The van der Waals surface area contributed by atoms with Crippen LogP contribution in [0.4, 0.5) is 0 Å². The summed E-state index contributed by atoms with van der Waals surface area (Å²) in [5.74, 6) is -0.0670. The van der Waals surface area contributed by atoms with Gasteiger partial charge in [-0.1, -0.05) is 39.5 Å². The molecule has 3 heteroatoms.